The summed E-state index contributed by atoms with van der Waals surface area (Å²) in [6, 6.07) is 14.4. The van der Waals surface area contributed by atoms with E-state index in [0.717, 1.165) is 56.1 Å². The van der Waals surface area contributed by atoms with Crippen molar-refractivity contribution in [2.75, 3.05) is 63.1 Å². The Kier molecular flexibility index (Phi) is 9.13. The summed E-state index contributed by atoms with van der Waals surface area (Å²) in [6.07, 6.45) is 0.957. The van der Waals surface area contributed by atoms with E-state index in [-0.39, 0.29) is 18.2 Å². The molecule has 2 fully saturated rings. The van der Waals surface area contributed by atoms with E-state index in [1.54, 1.807) is 4.90 Å². The van der Waals surface area contributed by atoms with Gasteiger partial charge in [-0.25, -0.2) is 0 Å². The zero-order valence-corrected chi connectivity index (χ0v) is 22.8. The number of benzene rings is 2. The van der Waals surface area contributed by atoms with E-state index in [1.807, 2.05) is 60.4 Å². The Morgan fingerprint density at radius 1 is 1.03 bits per heavy atom. The maximum Gasteiger partial charge on any atom is 0.256 e. The van der Waals surface area contributed by atoms with Crippen molar-refractivity contribution in [1.29, 1.82) is 0 Å². The number of nitrogens with zero attached hydrogens (tertiary/aromatic N) is 4. The molecule has 0 radical (unpaired) electrons. The molecule has 198 valence electrons. The normalized spacial score (nSPS) is 18.9. The maximum atomic E-state index is 13.6. The molecule has 2 heterocycles. The molecular formula is C28H37N5O3S. The van der Waals surface area contributed by atoms with Crippen molar-refractivity contribution in [3.8, 4) is 5.75 Å². The Hall–Kier alpha value is -3.01. The Bertz CT molecular complexity index is 1080. The summed E-state index contributed by atoms with van der Waals surface area (Å²) >= 11 is 5.81. The lowest BCUT2D eigenvalue weighted by atomic mass is 10.1. The van der Waals surface area contributed by atoms with E-state index in [9.17, 15) is 9.59 Å². The van der Waals surface area contributed by atoms with Gasteiger partial charge >= 0.3 is 0 Å². The second-order valence-electron chi connectivity index (χ2n) is 9.77. The van der Waals surface area contributed by atoms with Crippen molar-refractivity contribution >= 4 is 40.5 Å². The molecule has 0 aliphatic carbocycles. The molecule has 1 N–H and O–H groups in total. The Morgan fingerprint density at radius 3 is 2.35 bits per heavy atom. The fourth-order valence-electron chi connectivity index (χ4n) is 4.58. The summed E-state index contributed by atoms with van der Waals surface area (Å²) in [7, 11) is 2.13. The number of carbonyl (C=O) groups excluding carboxylic acids is 2. The molecule has 2 aliphatic heterocycles. The molecule has 37 heavy (non-hydrogen) atoms. The number of carbonyl (C=O) groups is 2. The monoisotopic (exact) mass is 523 g/mol. The molecule has 1 atom stereocenters. The molecule has 9 heteroatoms. The predicted molar refractivity (Wildman–Crippen MR) is 151 cm³/mol. The lowest BCUT2D eigenvalue weighted by molar-refractivity contribution is -0.124. The third-order valence-electron chi connectivity index (χ3n) is 6.85. The van der Waals surface area contributed by atoms with Crippen molar-refractivity contribution in [2.24, 2.45) is 0 Å². The van der Waals surface area contributed by atoms with Crippen LogP contribution >= 0.6 is 12.2 Å². The van der Waals surface area contributed by atoms with Gasteiger partial charge in [0.25, 0.3) is 5.91 Å². The summed E-state index contributed by atoms with van der Waals surface area (Å²) in [5, 5.41) is 3.39. The summed E-state index contributed by atoms with van der Waals surface area (Å²) < 4.78 is 5.62. The van der Waals surface area contributed by atoms with E-state index >= 15 is 0 Å². The van der Waals surface area contributed by atoms with E-state index in [1.165, 1.54) is 0 Å². The fraction of sp³-hybridized carbons (Fsp3) is 0.464. The Morgan fingerprint density at radius 2 is 1.70 bits per heavy atom. The first-order valence-corrected chi connectivity index (χ1v) is 13.4. The molecule has 2 aromatic rings. The number of rotatable bonds is 10. The van der Waals surface area contributed by atoms with Gasteiger partial charge in [-0.1, -0.05) is 24.6 Å². The standard InChI is InChI=1S/C28H37N5O3S/c1-4-19-36-24-11-7-22(8-12-24)29-26(34)20-25-27(35)33(23-9-5-21(2)6-10-23)28(37)32(25)18-17-31-15-13-30(3)14-16-31/h5-12,25H,4,13-20H2,1-3H3,(H,29,34). The number of hydrogen-bond donors (Lipinski definition) is 1. The molecule has 2 aliphatic rings. The summed E-state index contributed by atoms with van der Waals surface area (Å²) in [4.78, 5) is 34.9. The number of amides is 2. The van der Waals surface area contributed by atoms with Gasteiger partial charge < -0.3 is 19.9 Å². The molecule has 2 amide bonds. The summed E-state index contributed by atoms with van der Waals surface area (Å²) in [5.41, 5.74) is 2.51. The molecule has 1 unspecified atom stereocenters. The van der Waals surface area contributed by atoms with Gasteiger partial charge in [0, 0.05) is 45.0 Å². The summed E-state index contributed by atoms with van der Waals surface area (Å²) in [5.74, 6) is 0.379. The first-order chi connectivity index (χ1) is 17.9. The molecule has 8 nitrogen and oxygen atoms in total. The number of piperazine rings is 1. The van der Waals surface area contributed by atoms with Crippen LogP contribution in [0.3, 0.4) is 0 Å². The van der Waals surface area contributed by atoms with Gasteiger partial charge in [-0.05, 0) is 69.0 Å². The Balaban J connectivity index is 1.46. The van der Waals surface area contributed by atoms with E-state index < -0.39 is 6.04 Å². The van der Waals surface area contributed by atoms with Crippen molar-refractivity contribution < 1.29 is 14.3 Å². The molecule has 2 saturated heterocycles. The van der Waals surface area contributed by atoms with Crippen LogP contribution in [0.4, 0.5) is 11.4 Å². The first-order valence-electron chi connectivity index (χ1n) is 13.0. The zero-order valence-electron chi connectivity index (χ0n) is 22.0. The molecular weight excluding hydrogens is 486 g/mol. The van der Waals surface area contributed by atoms with Crippen LogP contribution in [0.15, 0.2) is 48.5 Å². The van der Waals surface area contributed by atoms with Crippen LogP contribution in [0.2, 0.25) is 0 Å². The fourth-order valence-corrected chi connectivity index (χ4v) is 5.00. The van der Waals surface area contributed by atoms with Crippen LogP contribution < -0.4 is 15.0 Å². The average molecular weight is 524 g/mol. The minimum Gasteiger partial charge on any atom is -0.494 e. The van der Waals surface area contributed by atoms with Crippen LogP contribution in [-0.2, 0) is 9.59 Å². The Labute approximate surface area is 225 Å². The molecule has 2 aromatic carbocycles. The van der Waals surface area contributed by atoms with Gasteiger partial charge in [0.15, 0.2) is 5.11 Å². The first kappa shape index (κ1) is 27.0. The number of likely N-dealkylation sites (N-methyl/N-ethyl adjacent to an activating group) is 1. The topological polar surface area (TPSA) is 68.4 Å². The molecule has 0 aromatic heterocycles. The van der Waals surface area contributed by atoms with Gasteiger partial charge in [-0.3, -0.25) is 19.4 Å². The third kappa shape index (κ3) is 6.85. The summed E-state index contributed by atoms with van der Waals surface area (Å²) in [6.45, 7) is 10.1. The molecule has 4 rings (SSSR count). The number of anilines is 2. The van der Waals surface area contributed by atoms with Crippen LogP contribution in [0.5, 0.6) is 5.75 Å². The van der Waals surface area contributed by atoms with E-state index in [2.05, 4.69) is 29.1 Å². The van der Waals surface area contributed by atoms with Crippen molar-refractivity contribution in [2.45, 2.75) is 32.7 Å². The van der Waals surface area contributed by atoms with Crippen LogP contribution in [-0.4, -0.2) is 90.6 Å². The average Bonchev–Trinajstić information content (AvgIpc) is 3.12. The van der Waals surface area contributed by atoms with Crippen molar-refractivity contribution in [1.82, 2.24) is 14.7 Å². The SMILES string of the molecule is CCCOc1ccc(NC(=O)CC2C(=O)N(c3ccc(C)cc3)C(=S)N2CCN2CCN(C)CC2)cc1. The zero-order chi connectivity index (χ0) is 26.4. The highest BCUT2D eigenvalue weighted by molar-refractivity contribution is 7.80. The lowest BCUT2D eigenvalue weighted by Gasteiger charge is -2.34. The minimum absolute atomic E-state index is 0.0260. The van der Waals surface area contributed by atoms with Crippen molar-refractivity contribution in [3.05, 3.63) is 54.1 Å². The molecule has 0 bridgehead atoms. The highest BCUT2D eigenvalue weighted by Crippen LogP contribution is 2.28. The second-order valence-corrected chi connectivity index (χ2v) is 10.1. The third-order valence-corrected chi connectivity index (χ3v) is 7.27. The van der Waals surface area contributed by atoms with Gasteiger partial charge in [-0.2, -0.15) is 0 Å². The van der Waals surface area contributed by atoms with Crippen LogP contribution in [0.1, 0.15) is 25.3 Å². The predicted octanol–water partition coefficient (Wildman–Crippen LogP) is 3.36. The largest absolute Gasteiger partial charge is 0.494 e. The van der Waals surface area contributed by atoms with E-state index in [0.29, 0.717) is 24.0 Å². The number of aryl methyl sites for hydroxylation is 1. The highest BCUT2D eigenvalue weighted by atomic mass is 32.1. The van der Waals surface area contributed by atoms with Crippen LogP contribution in [0.25, 0.3) is 0 Å². The number of thiocarbonyl (C=S) groups is 1. The van der Waals surface area contributed by atoms with Gasteiger partial charge in [0.1, 0.15) is 11.8 Å². The quantitative estimate of drug-likeness (QED) is 0.479. The number of nitrogens with one attached hydrogen (secondary N) is 1. The highest BCUT2D eigenvalue weighted by Gasteiger charge is 2.44. The van der Waals surface area contributed by atoms with E-state index in [4.69, 9.17) is 17.0 Å². The minimum atomic E-state index is -0.645. The molecule has 0 saturated carbocycles. The van der Waals surface area contributed by atoms with Gasteiger partial charge in [0.05, 0.1) is 18.7 Å². The van der Waals surface area contributed by atoms with Crippen LogP contribution in [0, 0.1) is 6.92 Å². The number of hydrogen-bond acceptors (Lipinski definition) is 6. The number of ether oxygens (including phenoxy) is 1. The second kappa shape index (κ2) is 12.5. The van der Waals surface area contributed by atoms with Crippen molar-refractivity contribution in [3.63, 3.8) is 0 Å². The smallest absolute Gasteiger partial charge is 0.256 e. The maximum absolute atomic E-state index is 13.6. The van der Waals surface area contributed by atoms with Gasteiger partial charge in [0.2, 0.25) is 5.91 Å². The molecule has 0 spiro atoms. The van der Waals surface area contributed by atoms with Gasteiger partial charge in [-0.15, -0.1) is 0 Å². The lowest BCUT2D eigenvalue weighted by Crippen LogP contribution is -2.48.